The van der Waals surface area contributed by atoms with Gasteiger partial charge in [0.15, 0.2) is 6.10 Å². The predicted octanol–water partition coefficient (Wildman–Crippen LogP) is 6.88. The summed E-state index contributed by atoms with van der Waals surface area (Å²) < 4.78 is 34.3. The average Bonchev–Trinajstić information content (AvgIpc) is 2.87. The van der Waals surface area contributed by atoms with Gasteiger partial charge in [-0.15, -0.1) is 0 Å². The maximum Gasteiger partial charge on any atom is 0.340 e. The van der Waals surface area contributed by atoms with Crippen molar-refractivity contribution in [3.8, 4) is 0 Å². The molecule has 0 saturated heterocycles. The van der Waals surface area contributed by atoms with E-state index in [0.717, 1.165) is 17.7 Å². The van der Waals surface area contributed by atoms with Crippen LogP contribution >= 0.6 is 23.2 Å². The van der Waals surface area contributed by atoms with Gasteiger partial charge in [-0.25, -0.2) is 13.2 Å². The highest BCUT2D eigenvalue weighted by molar-refractivity contribution is 7.92. The van der Waals surface area contributed by atoms with Gasteiger partial charge < -0.3 is 4.74 Å². The topological polar surface area (TPSA) is 89.5 Å². The molecule has 0 aliphatic rings. The van der Waals surface area contributed by atoms with Crippen molar-refractivity contribution in [2.45, 2.75) is 17.9 Å². The quantitative estimate of drug-likeness (QED) is 0.189. The van der Waals surface area contributed by atoms with E-state index in [2.05, 4.69) is 4.72 Å². The van der Waals surface area contributed by atoms with Crippen LogP contribution < -0.4 is 4.72 Å². The molecule has 0 radical (unpaired) electrons. The Morgan fingerprint density at radius 3 is 2.11 bits per heavy atom. The van der Waals surface area contributed by atoms with E-state index >= 15 is 0 Å². The lowest BCUT2D eigenvalue weighted by Gasteiger charge is -2.18. The molecule has 0 aliphatic heterocycles. The maximum absolute atomic E-state index is 13.3. The molecule has 0 aromatic heterocycles. The van der Waals surface area contributed by atoms with Gasteiger partial charge in [0.25, 0.3) is 10.0 Å². The van der Waals surface area contributed by atoms with Crippen molar-refractivity contribution < 1.29 is 22.7 Å². The number of carbonyl (C=O) groups excluding carboxylic acids is 2. The van der Waals surface area contributed by atoms with Gasteiger partial charge in [-0.05, 0) is 36.8 Å². The minimum atomic E-state index is -4.19. The monoisotopic (exact) mass is 553 g/mol. The van der Waals surface area contributed by atoms with Crippen LogP contribution in [0.15, 0.2) is 102 Å². The number of nitrogens with one attached hydrogen (secondary N) is 1. The number of ether oxygens (including phenoxy) is 1. The summed E-state index contributed by atoms with van der Waals surface area (Å²) in [5.41, 5.74) is 1.72. The first-order valence-electron chi connectivity index (χ1n) is 11.1. The number of carbonyl (C=O) groups is 2. The molecule has 0 saturated carbocycles. The van der Waals surface area contributed by atoms with Crippen LogP contribution in [-0.4, -0.2) is 20.2 Å². The molecule has 37 heavy (non-hydrogen) atoms. The highest BCUT2D eigenvalue weighted by Crippen LogP contribution is 2.32. The van der Waals surface area contributed by atoms with Crippen molar-refractivity contribution in [1.82, 2.24) is 0 Å². The van der Waals surface area contributed by atoms with Gasteiger partial charge in [-0.1, -0.05) is 96.0 Å². The summed E-state index contributed by atoms with van der Waals surface area (Å²) in [6.07, 6.45) is -1.28. The Kier molecular flexibility index (Phi) is 7.97. The molecule has 0 spiro atoms. The Morgan fingerprint density at radius 1 is 0.811 bits per heavy atom. The third kappa shape index (κ3) is 6.20. The Bertz CT molecular complexity index is 1560. The number of hydrogen-bond acceptors (Lipinski definition) is 5. The van der Waals surface area contributed by atoms with Crippen LogP contribution in [0.5, 0.6) is 0 Å². The fourth-order valence-electron chi connectivity index (χ4n) is 3.64. The lowest BCUT2D eigenvalue weighted by atomic mass is 10.00. The first-order chi connectivity index (χ1) is 17.7. The smallest absolute Gasteiger partial charge is 0.340 e. The highest BCUT2D eigenvalue weighted by Gasteiger charge is 2.29. The van der Waals surface area contributed by atoms with Crippen LogP contribution in [0.4, 0.5) is 5.69 Å². The molecule has 6 nitrogen and oxygen atoms in total. The SMILES string of the molecule is Cc1cccc(NS(=O)(=O)c2cc(C(=O)OC(C(=O)c3ccccc3)c3ccccc3)c(Cl)cc2Cl)c1. The molecule has 0 bridgehead atoms. The summed E-state index contributed by atoms with van der Waals surface area (Å²) in [7, 11) is -4.19. The Balaban J connectivity index is 1.69. The van der Waals surface area contributed by atoms with E-state index in [1.165, 1.54) is 0 Å². The molecule has 4 aromatic rings. The molecule has 0 aliphatic carbocycles. The predicted molar refractivity (Wildman–Crippen MR) is 144 cm³/mol. The van der Waals surface area contributed by atoms with E-state index in [1.807, 2.05) is 13.0 Å². The second kappa shape index (κ2) is 11.2. The van der Waals surface area contributed by atoms with Gasteiger partial charge >= 0.3 is 5.97 Å². The van der Waals surface area contributed by atoms with Crippen molar-refractivity contribution in [3.63, 3.8) is 0 Å². The van der Waals surface area contributed by atoms with E-state index in [4.69, 9.17) is 27.9 Å². The number of aryl methyl sites for hydroxylation is 1. The van der Waals surface area contributed by atoms with Gasteiger partial charge in [0, 0.05) is 16.8 Å². The van der Waals surface area contributed by atoms with Crippen LogP contribution in [0.3, 0.4) is 0 Å². The van der Waals surface area contributed by atoms with Crippen molar-refractivity contribution in [1.29, 1.82) is 0 Å². The molecule has 188 valence electrons. The largest absolute Gasteiger partial charge is 0.445 e. The van der Waals surface area contributed by atoms with Crippen LogP contribution in [-0.2, 0) is 14.8 Å². The number of rotatable bonds is 8. The van der Waals surface area contributed by atoms with E-state index in [-0.39, 0.29) is 20.5 Å². The van der Waals surface area contributed by atoms with Gasteiger partial charge in [0.1, 0.15) is 4.90 Å². The van der Waals surface area contributed by atoms with E-state index in [9.17, 15) is 18.0 Å². The summed E-state index contributed by atoms with van der Waals surface area (Å²) >= 11 is 12.5. The molecular formula is C28H21Cl2NO5S. The summed E-state index contributed by atoms with van der Waals surface area (Å²) in [6, 6.07) is 25.9. The lowest BCUT2D eigenvalue weighted by Crippen LogP contribution is -2.21. The first-order valence-corrected chi connectivity index (χ1v) is 13.3. The number of Topliss-reactive ketones (excluding diaryl/α,β-unsaturated/α-hetero) is 1. The second-order valence-corrected chi connectivity index (χ2v) is 10.6. The molecule has 0 amide bonds. The molecule has 1 N–H and O–H groups in total. The molecular weight excluding hydrogens is 533 g/mol. The molecule has 0 heterocycles. The van der Waals surface area contributed by atoms with Gasteiger partial charge in [0.2, 0.25) is 5.78 Å². The van der Waals surface area contributed by atoms with Crippen molar-refractivity contribution in [2.24, 2.45) is 0 Å². The van der Waals surface area contributed by atoms with Crippen LogP contribution in [0.25, 0.3) is 0 Å². The fourth-order valence-corrected chi connectivity index (χ4v) is 5.54. The third-order valence-corrected chi connectivity index (χ3v) is 7.58. The van der Waals surface area contributed by atoms with Crippen molar-refractivity contribution in [3.05, 3.63) is 129 Å². The Hall–Kier alpha value is -3.65. The Labute approximate surface area is 224 Å². The van der Waals surface area contributed by atoms with Crippen LogP contribution in [0, 0.1) is 6.92 Å². The zero-order valence-corrected chi connectivity index (χ0v) is 21.8. The molecule has 0 fully saturated rings. The Morgan fingerprint density at radius 2 is 1.46 bits per heavy atom. The normalized spacial score (nSPS) is 12.0. The van der Waals surface area contributed by atoms with E-state index in [1.54, 1.807) is 78.9 Å². The molecule has 9 heteroatoms. The minimum absolute atomic E-state index is 0.122. The number of hydrogen-bond donors (Lipinski definition) is 1. The van der Waals surface area contributed by atoms with Gasteiger partial charge in [0.05, 0.1) is 15.6 Å². The van der Waals surface area contributed by atoms with Gasteiger partial charge in [-0.2, -0.15) is 0 Å². The first kappa shape index (κ1) is 26.4. The van der Waals surface area contributed by atoms with E-state index in [0.29, 0.717) is 16.8 Å². The number of esters is 1. The zero-order valence-electron chi connectivity index (χ0n) is 19.5. The third-order valence-electron chi connectivity index (χ3n) is 5.42. The van der Waals surface area contributed by atoms with Gasteiger partial charge in [-0.3, -0.25) is 9.52 Å². The van der Waals surface area contributed by atoms with Crippen LogP contribution in [0.1, 0.15) is 37.9 Å². The number of anilines is 1. The number of halogens is 2. The zero-order chi connectivity index (χ0) is 26.6. The average molecular weight is 554 g/mol. The molecule has 4 rings (SSSR count). The van der Waals surface area contributed by atoms with E-state index < -0.39 is 27.9 Å². The van der Waals surface area contributed by atoms with Crippen LogP contribution in [0.2, 0.25) is 10.0 Å². The number of ketones is 1. The lowest BCUT2D eigenvalue weighted by molar-refractivity contribution is 0.0280. The molecule has 1 atom stereocenters. The standard InChI is InChI=1S/C28H21Cl2NO5S/c1-18-9-8-14-21(15-18)31-37(34,35)25-16-22(23(29)17-24(25)30)28(33)36-27(20-12-6-3-7-13-20)26(32)19-10-4-2-5-11-19/h2-17,27,31H,1H3. The van der Waals surface area contributed by atoms with Crippen molar-refractivity contribution in [2.75, 3.05) is 4.72 Å². The molecule has 4 aromatic carbocycles. The summed E-state index contributed by atoms with van der Waals surface area (Å²) in [6.45, 7) is 1.82. The summed E-state index contributed by atoms with van der Waals surface area (Å²) in [5.74, 6) is -1.42. The highest BCUT2D eigenvalue weighted by atomic mass is 35.5. The second-order valence-electron chi connectivity index (χ2n) is 8.16. The maximum atomic E-state index is 13.3. The van der Waals surface area contributed by atoms with Crippen molar-refractivity contribution >= 4 is 50.7 Å². The fraction of sp³-hybridized carbons (Fsp3) is 0.0714. The number of sulfonamides is 1. The minimum Gasteiger partial charge on any atom is -0.445 e. The molecule has 1 unspecified atom stereocenters. The summed E-state index contributed by atoms with van der Waals surface area (Å²) in [4.78, 5) is 26.2. The number of benzene rings is 4. The summed E-state index contributed by atoms with van der Waals surface area (Å²) in [5, 5.41) is -0.301.